The van der Waals surface area contributed by atoms with Gasteiger partial charge in [-0.25, -0.2) is 4.79 Å². The highest BCUT2D eigenvalue weighted by Gasteiger charge is 2.18. The summed E-state index contributed by atoms with van der Waals surface area (Å²) in [5, 5.41) is 27.7. The first-order chi connectivity index (χ1) is 8.39. The van der Waals surface area contributed by atoms with Gasteiger partial charge in [0.25, 0.3) is 0 Å². The van der Waals surface area contributed by atoms with Gasteiger partial charge in [0.15, 0.2) is 5.79 Å². The van der Waals surface area contributed by atoms with Crippen molar-refractivity contribution in [1.82, 2.24) is 5.32 Å². The van der Waals surface area contributed by atoms with E-state index < -0.39 is 17.5 Å². The predicted octanol–water partition coefficient (Wildman–Crippen LogP) is 1.38. The van der Waals surface area contributed by atoms with Crippen molar-refractivity contribution in [3.05, 3.63) is 0 Å². The molecule has 0 aromatic carbocycles. The summed E-state index contributed by atoms with van der Waals surface area (Å²) in [5.41, 5.74) is -0.490. The topological polar surface area (TPSA) is 99.0 Å². The molecule has 0 rings (SSSR count). The third-order valence-corrected chi connectivity index (χ3v) is 1.58. The van der Waals surface area contributed by atoms with Gasteiger partial charge in [0.05, 0.1) is 12.6 Å². The molecule has 1 amide bonds. The van der Waals surface area contributed by atoms with E-state index in [1.165, 1.54) is 13.8 Å². The predicted molar refractivity (Wildman–Crippen MR) is 73.7 cm³/mol. The Morgan fingerprint density at radius 1 is 1.21 bits per heavy atom. The van der Waals surface area contributed by atoms with E-state index in [9.17, 15) is 4.79 Å². The van der Waals surface area contributed by atoms with Crippen molar-refractivity contribution < 1.29 is 24.9 Å². The van der Waals surface area contributed by atoms with Gasteiger partial charge in [0.1, 0.15) is 5.60 Å². The normalized spacial score (nSPS) is 13.1. The van der Waals surface area contributed by atoms with Crippen molar-refractivity contribution in [2.75, 3.05) is 6.61 Å². The van der Waals surface area contributed by atoms with Gasteiger partial charge in [0.2, 0.25) is 0 Å². The second kappa shape index (κ2) is 9.12. The summed E-state index contributed by atoms with van der Waals surface area (Å²) in [5.74, 6) is -1.50. The lowest BCUT2D eigenvalue weighted by Crippen LogP contribution is -2.40. The van der Waals surface area contributed by atoms with E-state index >= 15 is 0 Å². The summed E-state index contributed by atoms with van der Waals surface area (Å²) in [6, 6.07) is -0.199. The molecule has 0 aliphatic carbocycles. The van der Waals surface area contributed by atoms with Crippen LogP contribution in [0.15, 0.2) is 0 Å². The van der Waals surface area contributed by atoms with Crippen molar-refractivity contribution >= 4 is 6.09 Å². The largest absolute Gasteiger partial charge is 0.444 e. The van der Waals surface area contributed by atoms with Gasteiger partial charge in [-0.3, -0.25) is 0 Å². The summed E-state index contributed by atoms with van der Waals surface area (Å²) >= 11 is 0. The molecule has 0 bridgehead atoms. The molecule has 1 atom stereocenters. The number of amides is 1. The SMILES string of the molecule is CC(C)(O)O.CCCC(CO)NC(=O)OC(C)(C)C. The molecule has 0 aliphatic heterocycles. The first-order valence-corrected chi connectivity index (χ1v) is 6.44. The number of carbonyl (C=O) groups is 1. The molecule has 0 heterocycles. The van der Waals surface area contributed by atoms with Gasteiger partial charge < -0.3 is 25.4 Å². The third kappa shape index (κ3) is 22.8. The quantitative estimate of drug-likeness (QED) is 0.583. The summed E-state index contributed by atoms with van der Waals surface area (Å²) < 4.78 is 5.06. The van der Waals surface area contributed by atoms with Gasteiger partial charge in [0, 0.05) is 0 Å². The van der Waals surface area contributed by atoms with Gasteiger partial charge in [-0.05, 0) is 41.0 Å². The highest BCUT2D eigenvalue weighted by molar-refractivity contribution is 5.68. The molecule has 0 spiro atoms. The van der Waals surface area contributed by atoms with Crippen LogP contribution in [0, 0.1) is 0 Å². The Morgan fingerprint density at radius 3 is 1.89 bits per heavy atom. The highest BCUT2D eigenvalue weighted by Crippen LogP contribution is 2.07. The molecular formula is C13H29NO5. The number of alkyl carbamates (subject to hydrolysis) is 1. The minimum atomic E-state index is -1.50. The Kier molecular flexibility index (Phi) is 9.82. The molecule has 0 saturated carbocycles. The third-order valence-electron chi connectivity index (χ3n) is 1.58. The Labute approximate surface area is 115 Å². The standard InChI is InChI=1S/C10H21NO3.C3H8O2/c1-5-6-8(7-12)11-9(13)14-10(2,3)4;1-3(2,4)5/h8,12H,5-7H2,1-4H3,(H,11,13);4-5H,1-2H3. The van der Waals surface area contributed by atoms with Gasteiger partial charge in [-0.2, -0.15) is 0 Å². The first-order valence-electron chi connectivity index (χ1n) is 6.44. The maximum atomic E-state index is 11.3. The summed E-state index contributed by atoms with van der Waals surface area (Å²) in [6.45, 7) is 9.97. The maximum Gasteiger partial charge on any atom is 0.407 e. The molecule has 0 aromatic heterocycles. The van der Waals surface area contributed by atoms with Crippen LogP contribution in [0.5, 0.6) is 0 Å². The molecule has 1 unspecified atom stereocenters. The molecule has 4 N–H and O–H groups in total. The van der Waals surface area contributed by atoms with Gasteiger partial charge >= 0.3 is 6.09 Å². The van der Waals surface area contributed by atoms with Crippen LogP contribution in [0.3, 0.4) is 0 Å². The summed E-state index contributed by atoms with van der Waals surface area (Å²) in [7, 11) is 0. The smallest absolute Gasteiger partial charge is 0.407 e. The van der Waals surface area contributed by atoms with Crippen LogP contribution in [-0.2, 0) is 4.74 Å². The molecule has 0 radical (unpaired) electrons. The monoisotopic (exact) mass is 279 g/mol. The molecule has 19 heavy (non-hydrogen) atoms. The van der Waals surface area contributed by atoms with Crippen LogP contribution in [-0.4, -0.2) is 45.4 Å². The summed E-state index contributed by atoms with van der Waals surface area (Å²) in [6.07, 6.45) is 1.21. The summed E-state index contributed by atoms with van der Waals surface area (Å²) in [4.78, 5) is 11.3. The minimum Gasteiger partial charge on any atom is -0.444 e. The highest BCUT2D eigenvalue weighted by atomic mass is 16.6. The van der Waals surface area contributed by atoms with Crippen molar-refractivity contribution in [3.63, 3.8) is 0 Å². The Bertz CT molecular complexity index is 236. The molecule has 0 aromatic rings. The lowest BCUT2D eigenvalue weighted by Gasteiger charge is -2.22. The van der Waals surface area contributed by atoms with Gasteiger partial charge in [-0.1, -0.05) is 13.3 Å². The molecule has 6 nitrogen and oxygen atoms in total. The Balaban J connectivity index is 0. The molecule has 116 valence electrons. The number of aliphatic hydroxyl groups is 3. The van der Waals surface area contributed by atoms with E-state index in [1.807, 2.05) is 6.92 Å². The molecular weight excluding hydrogens is 250 g/mol. The van der Waals surface area contributed by atoms with E-state index in [2.05, 4.69) is 5.32 Å². The number of carbonyl (C=O) groups excluding carboxylic acids is 1. The zero-order valence-electron chi connectivity index (χ0n) is 12.9. The van der Waals surface area contributed by atoms with E-state index in [0.717, 1.165) is 12.8 Å². The van der Waals surface area contributed by atoms with E-state index in [1.54, 1.807) is 20.8 Å². The number of rotatable bonds is 4. The average molecular weight is 279 g/mol. The number of hydrogen-bond donors (Lipinski definition) is 4. The van der Waals surface area contributed by atoms with Crippen LogP contribution in [0.1, 0.15) is 54.4 Å². The van der Waals surface area contributed by atoms with Crippen molar-refractivity contribution in [2.24, 2.45) is 0 Å². The number of aliphatic hydroxyl groups excluding tert-OH is 1. The van der Waals surface area contributed by atoms with Crippen LogP contribution in [0.4, 0.5) is 4.79 Å². The van der Waals surface area contributed by atoms with Crippen LogP contribution >= 0.6 is 0 Å². The fourth-order valence-corrected chi connectivity index (χ4v) is 1.03. The average Bonchev–Trinajstić information content (AvgIpc) is 2.11. The van der Waals surface area contributed by atoms with Crippen molar-refractivity contribution in [3.8, 4) is 0 Å². The minimum absolute atomic E-state index is 0.0485. The second-order valence-corrected chi connectivity index (χ2v) is 5.81. The Hall–Kier alpha value is -0.850. The first kappa shape index (κ1) is 20.5. The second-order valence-electron chi connectivity index (χ2n) is 5.81. The lowest BCUT2D eigenvalue weighted by atomic mass is 10.2. The van der Waals surface area contributed by atoms with Crippen LogP contribution in [0.2, 0.25) is 0 Å². The van der Waals surface area contributed by atoms with Crippen LogP contribution < -0.4 is 5.32 Å². The van der Waals surface area contributed by atoms with E-state index in [0.29, 0.717) is 0 Å². The molecule has 6 heteroatoms. The van der Waals surface area contributed by atoms with Crippen molar-refractivity contribution in [2.45, 2.75) is 71.8 Å². The fourth-order valence-electron chi connectivity index (χ4n) is 1.03. The lowest BCUT2D eigenvalue weighted by molar-refractivity contribution is -0.127. The fraction of sp³-hybridized carbons (Fsp3) is 0.923. The van der Waals surface area contributed by atoms with E-state index in [-0.39, 0.29) is 12.6 Å². The van der Waals surface area contributed by atoms with Crippen molar-refractivity contribution in [1.29, 1.82) is 0 Å². The van der Waals surface area contributed by atoms with Crippen LogP contribution in [0.25, 0.3) is 0 Å². The number of ether oxygens (including phenoxy) is 1. The molecule has 0 fully saturated rings. The molecule has 0 saturated heterocycles. The number of nitrogens with one attached hydrogen (secondary N) is 1. The zero-order valence-corrected chi connectivity index (χ0v) is 12.9. The van der Waals surface area contributed by atoms with E-state index in [4.69, 9.17) is 20.1 Å². The maximum absolute atomic E-state index is 11.3. The Morgan fingerprint density at radius 2 is 1.63 bits per heavy atom. The van der Waals surface area contributed by atoms with Gasteiger partial charge in [-0.15, -0.1) is 0 Å². The number of hydrogen-bond acceptors (Lipinski definition) is 5. The molecule has 0 aliphatic rings. The zero-order chi connectivity index (χ0) is 15.7.